The molecule has 1 heterocycles. The van der Waals surface area contributed by atoms with Crippen molar-refractivity contribution in [3.63, 3.8) is 0 Å². The van der Waals surface area contributed by atoms with E-state index in [1.54, 1.807) is 0 Å². The van der Waals surface area contributed by atoms with Gasteiger partial charge in [-0.05, 0) is 49.3 Å². The number of aromatic nitrogens is 1. The van der Waals surface area contributed by atoms with E-state index >= 15 is 0 Å². The number of pyridine rings is 1. The molecule has 28 heavy (non-hydrogen) atoms. The Balaban J connectivity index is 0.000000237. The van der Waals surface area contributed by atoms with Crippen molar-refractivity contribution in [3.8, 4) is 0 Å². The molecule has 0 radical (unpaired) electrons. The summed E-state index contributed by atoms with van der Waals surface area (Å²) in [7, 11) is 0. The topological polar surface area (TPSA) is 30.0 Å². The van der Waals surface area contributed by atoms with E-state index in [-0.39, 0.29) is 0 Å². The highest BCUT2D eigenvalue weighted by Crippen LogP contribution is 2.26. The van der Waals surface area contributed by atoms with Crippen molar-refractivity contribution in [2.45, 2.75) is 85.0 Å². The maximum absolute atomic E-state index is 11.1. The number of carbonyl (C=O) groups is 1. The SMILES string of the molecule is CCCCC1CCCC1=O.Cc1cccc(C(C)c2ccc(C(C)C)cn2)c1. The quantitative estimate of drug-likeness (QED) is 0.530. The fourth-order valence-corrected chi connectivity index (χ4v) is 3.77. The zero-order valence-corrected chi connectivity index (χ0v) is 18.4. The lowest BCUT2D eigenvalue weighted by molar-refractivity contribution is -0.120. The van der Waals surface area contributed by atoms with Crippen molar-refractivity contribution in [1.29, 1.82) is 0 Å². The summed E-state index contributed by atoms with van der Waals surface area (Å²) in [5.41, 5.74) is 5.08. The van der Waals surface area contributed by atoms with Crippen LogP contribution in [0.5, 0.6) is 0 Å². The van der Waals surface area contributed by atoms with Gasteiger partial charge in [-0.25, -0.2) is 0 Å². The molecule has 2 nitrogen and oxygen atoms in total. The molecule has 0 bridgehead atoms. The lowest BCUT2D eigenvalue weighted by Gasteiger charge is -2.13. The average molecular weight is 380 g/mol. The molecule has 0 spiro atoms. The highest BCUT2D eigenvalue weighted by molar-refractivity contribution is 5.82. The molecular formula is C26H37NO. The Morgan fingerprint density at radius 1 is 1.11 bits per heavy atom. The van der Waals surface area contributed by atoms with Gasteiger partial charge in [-0.3, -0.25) is 9.78 Å². The zero-order chi connectivity index (χ0) is 20.5. The Morgan fingerprint density at radius 3 is 2.43 bits per heavy atom. The first kappa shape index (κ1) is 22.3. The Morgan fingerprint density at radius 2 is 1.89 bits per heavy atom. The van der Waals surface area contributed by atoms with Gasteiger partial charge in [0.2, 0.25) is 0 Å². The van der Waals surface area contributed by atoms with Crippen LogP contribution in [0, 0.1) is 12.8 Å². The van der Waals surface area contributed by atoms with Crippen LogP contribution in [0.25, 0.3) is 0 Å². The highest BCUT2D eigenvalue weighted by Gasteiger charge is 2.22. The van der Waals surface area contributed by atoms with Crippen molar-refractivity contribution in [2.75, 3.05) is 0 Å². The second-order valence-corrected chi connectivity index (χ2v) is 8.50. The largest absolute Gasteiger partial charge is 0.299 e. The third kappa shape index (κ3) is 6.58. The molecule has 1 aliphatic rings. The van der Waals surface area contributed by atoms with Crippen LogP contribution in [0.4, 0.5) is 0 Å². The van der Waals surface area contributed by atoms with Crippen LogP contribution >= 0.6 is 0 Å². The number of rotatable bonds is 6. The lowest BCUT2D eigenvalue weighted by atomic mass is 9.95. The summed E-state index contributed by atoms with van der Waals surface area (Å²) in [6.07, 6.45) is 8.78. The van der Waals surface area contributed by atoms with Gasteiger partial charge in [0.05, 0.1) is 0 Å². The molecule has 1 aromatic carbocycles. The van der Waals surface area contributed by atoms with Crippen LogP contribution in [0.3, 0.4) is 0 Å². The fraction of sp³-hybridized carbons (Fsp3) is 0.538. The number of nitrogens with zero attached hydrogens (tertiary/aromatic N) is 1. The monoisotopic (exact) mass is 379 g/mol. The van der Waals surface area contributed by atoms with E-state index in [0.717, 1.165) is 25.0 Å². The summed E-state index contributed by atoms with van der Waals surface area (Å²) in [6.45, 7) is 10.9. The molecule has 0 amide bonds. The highest BCUT2D eigenvalue weighted by atomic mass is 16.1. The smallest absolute Gasteiger partial charge is 0.135 e. The van der Waals surface area contributed by atoms with Crippen molar-refractivity contribution >= 4 is 5.78 Å². The van der Waals surface area contributed by atoms with Gasteiger partial charge in [0.1, 0.15) is 5.78 Å². The molecule has 1 aromatic heterocycles. The van der Waals surface area contributed by atoms with Crippen LogP contribution in [0.15, 0.2) is 42.6 Å². The van der Waals surface area contributed by atoms with Crippen LogP contribution in [-0.4, -0.2) is 10.8 Å². The predicted octanol–water partition coefficient (Wildman–Crippen LogP) is 7.21. The van der Waals surface area contributed by atoms with Gasteiger partial charge >= 0.3 is 0 Å². The van der Waals surface area contributed by atoms with E-state index in [9.17, 15) is 4.79 Å². The predicted molar refractivity (Wildman–Crippen MR) is 119 cm³/mol. The number of hydrogen-bond donors (Lipinski definition) is 0. The molecule has 2 heteroatoms. The van der Waals surface area contributed by atoms with Crippen LogP contribution in [0.2, 0.25) is 0 Å². The Kier molecular flexibility index (Phi) is 8.89. The summed E-state index contributed by atoms with van der Waals surface area (Å²) in [4.78, 5) is 15.7. The van der Waals surface area contributed by atoms with Gasteiger partial charge in [0, 0.05) is 30.1 Å². The molecule has 1 aliphatic carbocycles. The van der Waals surface area contributed by atoms with Crippen LogP contribution in [0.1, 0.15) is 100 Å². The van der Waals surface area contributed by atoms with E-state index in [1.165, 1.54) is 36.0 Å². The summed E-state index contributed by atoms with van der Waals surface area (Å²) in [6, 6.07) is 13.0. The average Bonchev–Trinajstić information content (AvgIpc) is 3.11. The molecule has 0 N–H and O–H groups in total. The van der Waals surface area contributed by atoms with Gasteiger partial charge in [0.25, 0.3) is 0 Å². The summed E-state index contributed by atoms with van der Waals surface area (Å²) in [5, 5.41) is 0. The first-order chi connectivity index (χ1) is 13.4. The van der Waals surface area contributed by atoms with Crippen molar-refractivity contribution in [2.24, 2.45) is 5.92 Å². The molecule has 1 fully saturated rings. The maximum atomic E-state index is 11.1. The van der Waals surface area contributed by atoms with E-state index in [1.807, 2.05) is 6.20 Å². The lowest BCUT2D eigenvalue weighted by Crippen LogP contribution is -2.05. The van der Waals surface area contributed by atoms with Gasteiger partial charge in [-0.2, -0.15) is 0 Å². The van der Waals surface area contributed by atoms with Gasteiger partial charge < -0.3 is 0 Å². The van der Waals surface area contributed by atoms with E-state index in [0.29, 0.717) is 23.5 Å². The number of benzene rings is 1. The van der Waals surface area contributed by atoms with E-state index < -0.39 is 0 Å². The summed E-state index contributed by atoms with van der Waals surface area (Å²) in [5.74, 6) is 1.86. The minimum absolute atomic E-state index is 0.353. The number of carbonyl (C=O) groups excluding carboxylic acids is 1. The van der Waals surface area contributed by atoms with Gasteiger partial charge in [0.15, 0.2) is 0 Å². The van der Waals surface area contributed by atoms with Gasteiger partial charge in [-0.15, -0.1) is 0 Å². The molecule has 0 aliphatic heterocycles. The fourth-order valence-electron chi connectivity index (χ4n) is 3.77. The number of hydrogen-bond acceptors (Lipinski definition) is 2. The van der Waals surface area contributed by atoms with E-state index in [2.05, 4.69) is 76.0 Å². The number of unbranched alkanes of at least 4 members (excludes halogenated alkanes) is 1. The molecular weight excluding hydrogens is 342 g/mol. The molecule has 3 rings (SSSR count). The first-order valence-corrected chi connectivity index (χ1v) is 11.0. The standard InChI is InChI=1S/C17H21N.C9H16O/c1-12(2)16-8-9-17(18-11-16)14(4)15-7-5-6-13(3)10-15;1-2-3-5-8-6-4-7-9(8)10/h5-12,14H,1-4H3;8H,2-7H2,1H3. The number of ketones is 1. The third-order valence-corrected chi connectivity index (χ3v) is 5.80. The number of aryl methyl sites for hydroxylation is 1. The molecule has 2 atom stereocenters. The van der Waals surface area contributed by atoms with Gasteiger partial charge in [-0.1, -0.05) is 76.4 Å². The van der Waals surface area contributed by atoms with Crippen molar-refractivity contribution in [1.82, 2.24) is 4.98 Å². The first-order valence-electron chi connectivity index (χ1n) is 11.0. The second kappa shape index (κ2) is 11.1. The molecule has 2 unspecified atom stereocenters. The minimum atomic E-state index is 0.353. The normalized spacial score (nSPS) is 17.4. The Labute approximate surface area is 171 Å². The maximum Gasteiger partial charge on any atom is 0.135 e. The van der Waals surface area contributed by atoms with Crippen molar-refractivity contribution < 1.29 is 4.79 Å². The molecule has 1 saturated carbocycles. The Hall–Kier alpha value is -1.96. The Bertz CT molecular complexity index is 732. The zero-order valence-electron chi connectivity index (χ0n) is 18.4. The second-order valence-electron chi connectivity index (χ2n) is 8.50. The molecule has 2 aromatic rings. The van der Waals surface area contributed by atoms with Crippen LogP contribution in [-0.2, 0) is 4.79 Å². The minimum Gasteiger partial charge on any atom is -0.299 e. The summed E-state index contributed by atoms with van der Waals surface area (Å²) >= 11 is 0. The van der Waals surface area contributed by atoms with E-state index in [4.69, 9.17) is 0 Å². The summed E-state index contributed by atoms with van der Waals surface area (Å²) < 4.78 is 0. The van der Waals surface area contributed by atoms with Crippen molar-refractivity contribution in [3.05, 3.63) is 65.0 Å². The van der Waals surface area contributed by atoms with Crippen LogP contribution < -0.4 is 0 Å². The number of Topliss-reactive ketones (excluding diaryl/α,β-unsaturated/α-hetero) is 1. The third-order valence-electron chi connectivity index (χ3n) is 5.80. The molecule has 152 valence electrons. The molecule has 0 saturated heterocycles.